The van der Waals surface area contributed by atoms with E-state index in [-0.39, 0.29) is 23.6 Å². The van der Waals surface area contributed by atoms with Crippen LogP contribution in [0.4, 0.5) is 0 Å². The van der Waals surface area contributed by atoms with E-state index >= 15 is 0 Å². The number of nitrogens with zero attached hydrogens (tertiary/aromatic N) is 2. The molecule has 0 aromatic heterocycles. The number of aliphatic imine (C=N–C) groups is 1. The number of rotatable bonds is 13. The molecule has 4 heteroatoms. The number of hydrogen-bond donors (Lipinski definition) is 1. The first-order valence-electron chi connectivity index (χ1n) is 9.72. The Morgan fingerprint density at radius 2 is 1.52 bits per heavy atom. The van der Waals surface area contributed by atoms with Crippen molar-refractivity contribution in [2.75, 3.05) is 33.3 Å². The Morgan fingerprint density at radius 3 is 2.09 bits per heavy atom. The van der Waals surface area contributed by atoms with E-state index < -0.39 is 0 Å². The van der Waals surface area contributed by atoms with Gasteiger partial charge in [0.15, 0.2) is 5.84 Å². The third kappa shape index (κ3) is 9.83. The summed E-state index contributed by atoms with van der Waals surface area (Å²) in [6.07, 6.45) is 16.4. The molecule has 0 aromatic rings. The Bertz CT molecular complexity index is 310. The second-order valence-corrected chi connectivity index (χ2v) is 7.15. The predicted octanol–water partition coefficient (Wildman–Crippen LogP) is 1.54. The lowest BCUT2D eigenvalue weighted by atomic mass is 10.1. The quantitative estimate of drug-likeness (QED) is 0.375. The molecule has 1 aliphatic heterocycles. The van der Waals surface area contributed by atoms with Gasteiger partial charge in [0.2, 0.25) is 0 Å². The fraction of sp³-hybridized carbons (Fsp3) is 0.947. The highest BCUT2D eigenvalue weighted by molar-refractivity contribution is 5.76. The molecule has 0 aliphatic carbocycles. The first kappa shape index (κ1) is 23.1. The summed E-state index contributed by atoms with van der Waals surface area (Å²) in [7, 11) is 2.33. The minimum absolute atomic E-state index is 0. The van der Waals surface area contributed by atoms with E-state index in [1.807, 2.05) is 0 Å². The van der Waals surface area contributed by atoms with Crippen molar-refractivity contribution in [1.29, 1.82) is 0 Å². The normalized spacial score (nSPS) is 22.5. The fourth-order valence-corrected chi connectivity index (χ4v) is 3.60. The molecule has 1 aliphatic rings. The van der Waals surface area contributed by atoms with Gasteiger partial charge in [0.25, 0.3) is 0 Å². The van der Waals surface area contributed by atoms with Gasteiger partial charge in [-0.1, -0.05) is 58.3 Å². The first-order chi connectivity index (χ1) is 10.7. The molecule has 0 spiro atoms. The van der Waals surface area contributed by atoms with Gasteiger partial charge in [-0.3, -0.25) is 4.48 Å². The summed E-state index contributed by atoms with van der Waals surface area (Å²) < 4.78 is 1.04. The monoisotopic (exact) mass is 390 g/mol. The zero-order valence-electron chi connectivity index (χ0n) is 15.5. The van der Waals surface area contributed by atoms with Crippen LogP contribution < -0.4 is 17.0 Å². The van der Waals surface area contributed by atoms with Gasteiger partial charge < -0.3 is 22.1 Å². The number of likely N-dealkylation sites (tertiary alicyclic amines) is 1. The lowest BCUT2D eigenvalue weighted by Gasteiger charge is -2.29. The molecule has 1 fully saturated rings. The average Bonchev–Trinajstić information content (AvgIpc) is 2.88. The molecular formula is C19H39BrN2O. The molecule has 1 saturated heterocycles. The number of hydrogen-bond acceptors (Lipinski definition) is 2. The van der Waals surface area contributed by atoms with Crippen molar-refractivity contribution in [2.24, 2.45) is 4.99 Å². The number of halogens is 1. The molecule has 1 heterocycles. The van der Waals surface area contributed by atoms with Crippen LogP contribution in [0.5, 0.6) is 0 Å². The predicted molar refractivity (Wildman–Crippen MR) is 96.4 cm³/mol. The second-order valence-electron chi connectivity index (χ2n) is 7.15. The molecule has 0 radical (unpaired) electrons. The standard InChI is InChI=1S/C19H39N2O.BrH/c1-3-4-5-6-7-8-9-10-11-12-16-21(2)17-13-14-19(21)20-15-18-22;/h22H,3-18H2,1-2H3;1H/q+1;/p-1. The topological polar surface area (TPSA) is 32.6 Å². The highest BCUT2D eigenvalue weighted by Gasteiger charge is 2.33. The summed E-state index contributed by atoms with van der Waals surface area (Å²) in [5, 5.41) is 8.95. The van der Waals surface area contributed by atoms with Gasteiger partial charge in [0, 0.05) is 12.8 Å². The van der Waals surface area contributed by atoms with Crippen LogP contribution in [0.2, 0.25) is 0 Å². The van der Waals surface area contributed by atoms with E-state index in [0.29, 0.717) is 6.54 Å². The number of aliphatic hydroxyl groups is 1. The summed E-state index contributed by atoms with van der Waals surface area (Å²) in [5.41, 5.74) is 0. The van der Waals surface area contributed by atoms with E-state index in [2.05, 4.69) is 19.0 Å². The van der Waals surface area contributed by atoms with E-state index in [1.165, 1.54) is 89.6 Å². The lowest BCUT2D eigenvalue weighted by Crippen LogP contribution is -3.00. The molecule has 0 saturated carbocycles. The van der Waals surface area contributed by atoms with E-state index in [4.69, 9.17) is 5.11 Å². The smallest absolute Gasteiger partial charge is 0.198 e. The van der Waals surface area contributed by atoms with Crippen molar-refractivity contribution in [2.45, 2.75) is 84.0 Å². The maximum atomic E-state index is 8.95. The fourth-order valence-electron chi connectivity index (χ4n) is 3.60. The molecular weight excluding hydrogens is 352 g/mol. The summed E-state index contributed by atoms with van der Waals surface area (Å²) >= 11 is 0. The van der Waals surface area contributed by atoms with Crippen LogP contribution in [0.1, 0.15) is 84.0 Å². The summed E-state index contributed by atoms with van der Waals surface area (Å²) in [4.78, 5) is 4.60. The largest absolute Gasteiger partial charge is 1.00 e. The average molecular weight is 391 g/mol. The maximum Gasteiger partial charge on any atom is 0.198 e. The van der Waals surface area contributed by atoms with Crippen molar-refractivity contribution in [3.63, 3.8) is 0 Å². The Kier molecular flexibility index (Phi) is 14.5. The molecule has 1 N–H and O–H groups in total. The van der Waals surface area contributed by atoms with Crippen molar-refractivity contribution >= 4 is 5.84 Å². The van der Waals surface area contributed by atoms with Gasteiger partial charge in [0.05, 0.1) is 33.3 Å². The molecule has 1 atom stereocenters. The van der Waals surface area contributed by atoms with Gasteiger partial charge in [-0.25, -0.2) is 4.99 Å². The molecule has 0 aromatic carbocycles. The molecule has 1 unspecified atom stereocenters. The minimum Gasteiger partial charge on any atom is -1.00 e. The highest BCUT2D eigenvalue weighted by atomic mass is 79.9. The van der Waals surface area contributed by atoms with Crippen molar-refractivity contribution in [1.82, 2.24) is 0 Å². The zero-order valence-corrected chi connectivity index (χ0v) is 17.1. The molecule has 0 bridgehead atoms. The number of unbranched alkanes of at least 4 members (excludes halogenated alkanes) is 9. The molecule has 3 nitrogen and oxygen atoms in total. The van der Waals surface area contributed by atoms with Gasteiger partial charge in [-0.15, -0.1) is 0 Å². The third-order valence-electron chi connectivity index (χ3n) is 5.07. The number of aliphatic hydroxyl groups excluding tert-OH is 1. The minimum atomic E-state index is 0. The molecule has 138 valence electrons. The van der Waals surface area contributed by atoms with Crippen LogP contribution in [-0.2, 0) is 0 Å². The summed E-state index contributed by atoms with van der Waals surface area (Å²) in [6, 6.07) is 0. The van der Waals surface area contributed by atoms with Crippen LogP contribution >= 0.6 is 0 Å². The van der Waals surface area contributed by atoms with Crippen LogP contribution in [0.3, 0.4) is 0 Å². The Morgan fingerprint density at radius 1 is 0.957 bits per heavy atom. The SMILES string of the molecule is CCCCCCCCCCCC[N+]1(C)CCCC1=NCCO.[Br-]. The molecule has 1 rings (SSSR count). The summed E-state index contributed by atoms with van der Waals surface area (Å²) in [5.74, 6) is 1.32. The van der Waals surface area contributed by atoms with E-state index in [1.54, 1.807) is 0 Å². The first-order valence-corrected chi connectivity index (χ1v) is 9.72. The highest BCUT2D eigenvalue weighted by Crippen LogP contribution is 2.21. The van der Waals surface area contributed by atoms with Gasteiger partial charge in [-0.2, -0.15) is 0 Å². The number of quaternary nitrogens is 1. The van der Waals surface area contributed by atoms with Crippen LogP contribution in [-0.4, -0.2) is 48.7 Å². The Hall–Kier alpha value is 0.0700. The lowest BCUT2D eigenvalue weighted by molar-refractivity contribution is -0.814. The van der Waals surface area contributed by atoms with Crippen molar-refractivity contribution in [3.8, 4) is 0 Å². The van der Waals surface area contributed by atoms with Crippen LogP contribution in [0.25, 0.3) is 0 Å². The molecule has 23 heavy (non-hydrogen) atoms. The van der Waals surface area contributed by atoms with Gasteiger partial charge in [-0.05, 0) is 12.8 Å². The second kappa shape index (κ2) is 14.4. The van der Waals surface area contributed by atoms with Crippen LogP contribution in [0, 0.1) is 0 Å². The van der Waals surface area contributed by atoms with Crippen molar-refractivity contribution < 1.29 is 26.6 Å². The zero-order chi connectivity index (χ0) is 16.1. The number of amidine groups is 1. The molecule has 0 amide bonds. The van der Waals surface area contributed by atoms with Gasteiger partial charge >= 0.3 is 0 Å². The van der Waals surface area contributed by atoms with Crippen molar-refractivity contribution in [3.05, 3.63) is 0 Å². The van der Waals surface area contributed by atoms with Gasteiger partial charge in [0.1, 0.15) is 0 Å². The third-order valence-corrected chi connectivity index (χ3v) is 5.07. The maximum absolute atomic E-state index is 8.95. The van der Waals surface area contributed by atoms with E-state index in [0.717, 1.165) is 10.9 Å². The Balaban J connectivity index is 0.00000484. The van der Waals surface area contributed by atoms with Crippen LogP contribution in [0.15, 0.2) is 4.99 Å². The summed E-state index contributed by atoms with van der Waals surface area (Å²) in [6.45, 7) is 5.52. The van der Waals surface area contributed by atoms with E-state index in [9.17, 15) is 0 Å². The Labute approximate surface area is 154 Å².